The van der Waals surface area contributed by atoms with Crippen LogP contribution >= 0.6 is 11.3 Å². The molecule has 0 saturated carbocycles. The van der Waals surface area contributed by atoms with Gasteiger partial charge < -0.3 is 4.90 Å². The summed E-state index contributed by atoms with van der Waals surface area (Å²) in [4.78, 5) is 14.6. The number of hydrogen-bond acceptors (Lipinski definition) is 3. The fraction of sp³-hybridized carbons (Fsp3) is 0.316. The lowest BCUT2D eigenvalue weighted by molar-refractivity contribution is 0.0997. The lowest BCUT2D eigenvalue weighted by Gasteiger charge is -2.27. The number of carbonyl (C=O) groups is 1. The molecule has 0 radical (unpaired) electrons. The van der Waals surface area contributed by atoms with Gasteiger partial charge in [0.25, 0.3) is 0 Å². The first kappa shape index (κ1) is 7.24. The highest BCUT2D eigenvalue weighted by molar-refractivity contribution is 7.12. The van der Waals surface area contributed by atoms with Gasteiger partial charge in [0.2, 0.25) is 0 Å². The highest BCUT2D eigenvalue weighted by Gasteiger charge is 2.27. The largest absolute Gasteiger partial charge is 0.306 e. The Kier molecular flexibility index (Phi) is 1.81. The van der Waals surface area contributed by atoms with E-state index in [1.54, 1.807) is 0 Å². The average Bonchev–Trinajstić information content (AvgIpc) is 2.94. The molecule has 0 N–H and O–H groups in total. The predicted octanol–water partition coefficient (Wildman–Crippen LogP) is 4.01. The molecule has 1 aliphatic carbocycles. The second-order valence-corrected chi connectivity index (χ2v) is 6.27. The number of likely N-dealkylation sites (tertiary alicyclic amines) is 1. The molecule has 112 valence electrons. The molecule has 1 aliphatic heterocycles. The van der Waals surface area contributed by atoms with Crippen LogP contribution in [0.5, 0.6) is 0 Å². The van der Waals surface area contributed by atoms with E-state index in [1.807, 2.05) is 0 Å². The van der Waals surface area contributed by atoms with Crippen LogP contribution in [0.25, 0.3) is 5.57 Å². The van der Waals surface area contributed by atoms with Crippen molar-refractivity contribution in [2.24, 2.45) is 0 Å². The van der Waals surface area contributed by atoms with Gasteiger partial charge in [-0.3, -0.25) is 4.79 Å². The molecular weight excluding hydrogens is 290 g/mol. The number of carbonyl (C=O) groups excluding carboxylic acids is 1. The van der Waals surface area contributed by atoms with Gasteiger partial charge in [0.15, 0.2) is 5.78 Å². The summed E-state index contributed by atoms with van der Waals surface area (Å²) in [5.74, 6) is -0.381. The first-order valence-corrected chi connectivity index (χ1v) is 7.95. The van der Waals surface area contributed by atoms with Gasteiger partial charge in [-0.2, -0.15) is 0 Å². The van der Waals surface area contributed by atoms with Crippen LogP contribution in [0.3, 0.4) is 0 Å². The lowest BCUT2D eigenvalue weighted by Crippen LogP contribution is -2.27. The minimum absolute atomic E-state index is 0.0827. The summed E-state index contributed by atoms with van der Waals surface area (Å²) < 4.78 is 72.4. The first-order valence-electron chi connectivity index (χ1n) is 11.6. The van der Waals surface area contributed by atoms with Crippen LogP contribution in [0.1, 0.15) is 51.5 Å². The first-order chi connectivity index (χ1) is 14.4. The van der Waals surface area contributed by atoms with Gasteiger partial charge in [-0.25, -0.2) is 0 Å². The van der Waals surface area contributed by atoms with Gasteiger partial charge in [-0.05, 0) is 47.9 Å². The second kappa shape index (κ2) is 5.49. The number of thiophene rings is 1. The van der Waals surface area contributed by atoms with E-state index in [2.05, 4.69) is 0 Å². The van der Waals surface area contributed by atoms with Crippen molar-refractivity contribution in [3.05, 3.63) is 62.7 Å². The van der Waals surface area contributed by atoms with E-state index in [4.69, 9.17) is 12.3 Å². The van der Waals surface area contributed by atoms with Gasteiger partial charge in [-0.1, -0.05) is 29.7 Å². The van der Waals surface area contributed by atoms with Crippen LogP contribution in [-0.4, -0.2) is 30.7 Å². The van der Waals surface area contributed by atoms with E-state index in [1.165, 1.54) is 4.90 Å². The molecule has 4 rings (SSSR count). The lowest BCUT2D eigenvalue weighted by atomic mass is 9.88. The molecule has 0 spiro atoms. The standard InChI is InChI=1S/C19H19NOS/c1-20-9-6-13(7-10-20)18-15-5-3-2-4-14(15)12-17(21)19-16(18)8-11-22-19/h2-5,8,11H,6-7,9-10,12H2,1H3/i1D3,2D,3D,4D,5D,8D,11D. The summed E-state index contributed by atoms with van der Waals surface area (Å²) in [5, 5.41) is -0.0827. The maximum Gasteiger partial charge on any atom is 0.177 e. The minimum atomic E-state index is -2.24. The van der Waals surface area contributed by atoms with Gasteiger partial charge >= 0.3 is 0 Å². The second-order valence-electron chi connectivity index (χ2n) is 5.45. The van der Waals surface area contributed by atoms with Crippen LogP contribution in [-0.2, 0) is 6.42 Å². The Morgan fingerprint density at radius 3 is 2.82 bits per heavy atom. The Hall–Kier alpha value is -1.71. The molecule has 1 fully saturated rings. The summed E-state index contributed by atoms with van der Waals surface area (Å²) in [5.41, 5.74) is 1.76. The number of fused-ring (bicyclic) bond motifs is 2. The quantitative estimate of drug-likeness (QED) is 0.731. The molecule has 3 heteroatoms. The number of nitrogens with zero attached hydrogens (tertiary/aromatic N) is 1. The third-order valence-corrected chi connectivity index (χ3v) is 4.97. The van der Waals surface area contributed by atoms with E-state index in [0.717, 1.165) is 16.9 Å². The Morgan fingerprint density at radius 1 is 1.18 bits per heavy atom. The van der Waals surface area contributed by atoms with Crippen molar-refractivity contribution in [3.8, 4) is 0 Å². The van der Waals surface area contributed by atoms with Crippen LogP contribution in [0, 0.1) is 0 Å². The van der Waals surface area contributed by atoms with Crippen molar-refractivity contribution in [2.45, 2.75) is 19.3 Å². The molecule has 2 aromatic rings. The summed E-state index contributed by atoms with van der Waals surface area (Å²) in [7, 11) is 0. The number of rotatable bonds is 0. The van der Waals surface area contributed by atoms with Crippen molar-refractivity contribution in [2.75, 3.05) is 20.1 Å². The van der Waals surface area contributed by atoms with Crippen molar-refractivity contribution < 1.29 is 17.1 Å². The van der Waals surface area contributed by atoms with Crippen molar-refractivity contribution >= 4 is 22.7 Å². The number of ketones is 1. The molecular formula is C19H19NOS. The topological polar surface area (TPSA) is 20.3 Å². The predicted molar refractivity (Wildman–Crippen MR) is 91.5 cm³/mol. The van der Waals surface area contributed by atoms with Gasteiger partial charge in [0, 0.05) is 29.2 Å². The molecule has 1 saturated heterocycles. The summed E-state index contributed by atoms with van der Waals surface area (Å²) in [6, 6.07) is -1.56. The maximum atomic E-state index is 13.0. The highest BCUT2D eigenvalue weighted by atomic mass is 32.1. The number of benzene rings is 1. The number of piperidine rings is 1. The molecule has 0 amide bonds. The third-order valence-electron chi connectivity index (χ3n) is 4.13. The minimum Gasteiger partial charge on any atom is -0.306 e. The van der Waals surface area contributed by atoms with Crippen LogP contribution in [0.15, 0.2) is 41.1 Å². The zero-order valence-corrected chi connectivity index (χ0v) is 12.6. The SMILES string of the molecule is [2H]c1sc2c(c1[2H])C(=C1CCN(C([2H])([2H])[2H])CC1)c1c([2H])c([2H])c([2H])c([2H])c1CC2=O. The summed E-state index contributed by atoms with van der Waals surface area (Å²) >= 11 is 0.880. The van der Waals surface area contributed by atoms with Crippen molar-refractivity contribution in [3.63, 3.8) is 0 Å². The molecule has 2 nitrogen and oxygen atoms in total. The monoisotopic (exact) mass is 318 g/mol. The van der Waals surface area contributed by atoms with Crippen LogP contribution in [0.2, 0.25) is 0 Å². The highest BCUT2D eigenvalue weighted by Crippen LogP contribution is 2.40. The van der Waals surface area contributed by atoms with E-state index < -0.39 is 19.1 Å². The smallest absolute Gasteiger partial charge is 0.177 e. The molecule has 1 aromatic carbocycles. The Bertz CT molecular complexity index is 1140. The Labute approximate surface area is 147 Å². The van der Waals surface area contributed by atoms with E-state index in [0.29, 0.717) is 18.4 Å². The molecule has 1 aromatic heterocycles. The Balaban J connectivity index is 2.03. The zero-order valence-electron chi connectivity index (χ0n) is 20.8. The van der Waals surface area contributed by atoms with E-state index in [-0.39, 0.29) is 70.3 Å². The maximum absolute atomic E-state index is 13.0. The Morgan fingerprint density at radius 2 is 2.00 bits per heavy atom. The van der Waals surface area contributed by atoms with Crippen LogP contribution < -0.4 is 0 Å². The molecule has 2 heterocycles. The number of Topliss-reactive ketones (excluding diaryl/α,β-unsaturated/α-hetero) is 1. The molecule has 0 bridgehead atoms. The fourth-order valence-corrected chi connectivity index (χ4v) is 3.73. The van der Waals surface area contributed by atoms with Gasteiger partial charge in [0.05, 0.1) is 13.1 Å². The molecule has 0 atom stereocenters. The van der Waals surface area contributed by atoms with E-state index >= 15 is 0 Å². The fourth-order valence-electron chi connectivity index (χ4n) is 3.04. The molecule has 0 unspecified atom stereocenters. The van der Waals surface area contributed by atoms with Gasteiger partial charge in [0.1, 0.15) is 0 Å². The average molecular weight is 318 g/mol. The van der Waals surface area contributed by atoms with Gasteiger partial charge in [-0.15, -0.1) is 11.3 Å². The van der Waals surface area contributed by atoms with Crippen molar-refractivity contribution in [1.82, 2.24) is 4.90 Å². The summed E-state index contributed by atoms with van der Waals surface area (Å²) in [6.07, 6.45) is 0.412. The van der Waals surface area contributed by atoms with Crippen LogP contribution in [0.4, 0.5) is 0 Å². The normalized spacial score (nSPS) is 25.3. The van der Waals surface area contributed by atoms with Crippen molar-refractivity contribution in [1.29, 1.82) is 0 Å². The third kappa shape index (κ3) is 2.25. The molecule has 2 aliphatic rings. The van der Waals surface area contributed by atoms with E-state index in [9.17, 15) is 4.79 Å². The number of hydrogen-bond donors (Lipinski definition) is 0. The summed E-state index contributed by atoms with van der Waals surface area (Å²) in [6.45, 7) is -1.78. The zero-order chi connectivity index (χ0) is 22.8. The molecule has 22 heavy (non-hydrogen) atoms.